The molecule has 0 aromatic carbocycles. The van der Waals surface area contributed by atoms with Crippen molar-refractivity contribution in [1.82, 2.24) is 10.2 Å². The zero-order valence-corrected chi connectivity index (χ0v) is 13.2. The van der Waals surface area contributed by atoms with Gasteiger partial charge in [0.15, 0.2) is 0 Å². The van der Waals surface area contributed by atoms with Crippen molar-refractivity contribution in [3.8, 4) is 0 Å². The minimum absolute atomic E-state index is 0.0359. The molecule has 2 saturated carbocycles. The Hall–Kier alpha value is -1.06. The van der Waals surface area contributed by atoms with Gasteiger partial charge in [-0.1, -0.05) is 45.4 Å². The summed E-state index contributed by atoms with van der Waals surface area (Å²) in [6.45, 7) is 3.37. The van der Waals surface area contributed by atoms with Crippen LogP contribution in [0.3, 0.4) is 0 Å². The fourth-order valence-electron chi connectivity index (χ4n) is 4.36. The quantitative estimate of drug-likeness (QED) is 0.868. The molecule has 1 heterocycles. The van der Waals surface area contributed by atoms with E-state index in [0.29, 0.717) is 0 Å². The highest BCUT2D eigenvalue weighted by molar-refractivity contribution is 5.98. The number of hydrogen-bond donors (Lipinski definition) is 1. The molecule has 0 aromatic heterocycles. The predicted molar refractivity (Wildman–Crippen MR) is 81.7 cm³/mol. The first kappa shape index (κ1) is 14.9. The van der Waals surface area contributed by atoms with Gasteiger partial charge in [-0.2, -0.15) is 0 Å². The van der Waals surface area contributed by atoms with E-state index in [4.69, 9.17) is 0 Å². The maximum absolute atomic E-state index is 12.7. The number of nitrogens with one attached hydrogen (secondary N) is 1. The van der Waals surface area contributed by atoms with Crippen LogP contribution in [0.5, 0.6) is 0 Å². The van der Waals surface area contributed by atoms with Crippen LogP contribution in [0, 0.1) is 11.8 Å². The second-order valence-corrected chi connectivity index (χ2v) is 7.48. The molecule has 1 saturated heterocycles. The lowest BCUT2D eigenvalue weighted by molar-refractivity contribution is -0.149. The number of carbonyl (C=O) groups is 2. The zero-order chi connectivity index (χ0) is 14.9. The summed E-state index contributed by atoms with van der Waals surface area (Å²) >= 11 is 0. The van der Waals surface area contributed by atoms with Crippen molar-refractivity contribution >= 4 is 11.8 Å². The lowest BCUT2D eigenvalue weighted by atomic mass is 9.81. The third-order valence-electron chi connectivity index (χ3n) is 5.81. The van der Waals surface area contributed by atoms with E-state index in [2.05, 4.69) is 12.2 Å². The van der Waals surface area contributed by atoms with Gasteiger partial charge >= 0.3 is 0 Å². The fraction of sp³-hybridized carbons (Fsp3) is 0.882. The SMILES string of the molecule is CC1CCC(CCN2CC(=O)NC3(CCCC3)C2=O)CC1. The number of piperazine rings is 1. The Bertz CT molecular complexity index is 407. The molecule has 1 spiro atoms. The van der Waals surface area contributed by atoms with E-state index in [1.54, 1.807) is 0 Å². The van der Waals surface area contributed by atoms with Gasteiger partial charge in [-0.3, -0.25) is 9.59 Å². The second kappa shape index (κ2) is 5.98. The molecular weight excluding hydrogens is 264 g/mol. The molecule has 4 nitrogen and oxygen atoms in total. The van der Waals surface area contributed by atoms with E-state index < -0.39 is 5.54 Å². The monoisotopic (exact) mass is 292 g/mol. The van der Waals surface area contributed by atoms with Gasteiger partial charge < -0.3 is 10.2 Å². The van der Waals surface area contributed by atoms with Crippen LogP contribution in [0.2, 0.25) is 0 Å². The highest BCUT2D eigenvalue weighted by atomic mass is 16.2. The molecule has 0 unspecified atom stereocenters. The van der Waals surface area contributed by atoms with Crippen LogP contribution in [-0.4, -0.2) is 35.3 Å². The minimum Gasteiger partial charge on any atom is -0.340 e. The van der Waals surface area contributed by atoms with Crippen LogP contribution in [-0.2, 0) is 9.59 Å². The molecule has 2 amide bonds. The molecule has 1 N–H and O–H groups in total. The number of amides is 2. The summed E-state index contributed by atoms with van der Waals surface area (Å²) in [5.41, 5.74) is -0.545. The molecule has 3 aliphatic rings. The normalized spacial score (nSPS) is 32.5. The van der Waals surface area contributed by atoms with Gasteiger partial charge in [0.05, 0.1) is 6.54 Å². The molecule has 3 rings (SSSR count). The maximum Gasteiger partial charge on any atom is 0.248 e. The van der Waals surface area contributed by atoms with Gasteiger partial charge in [-0.05, 0) is 31.1 Å². The molecule has 0 atom stereocenters. The van der Waals surface area contributed by atoms with Gasteiger partial charge in [0.25, 0.3) is 0 Å². The van der Waals surface area contributed by atoms with E-state index in [9.17, 15) is 9.59 Å². The van der Waals surface area contributed by atoms with Crippen molar-refractivity contribution in [3.05, 3.63) is 0 Å². The lowest BCUT2D eigenvalue weighted by Crippen LogP contribution is -2.65. The van der Waals surface area contributed by atoms with E-state index >= 15 is 0 Å². The van der Waals surface area contributed by atoms with Crippen LogP contribution in [0.25, 0.3) is 0 Å². The number of nitrogens with zero attached hydrogens (tertiary/aromatic N) is 1. The molecule has 0 aromatic rings. The third kappa shape index (κ3) is 3.09. The molecule has 4 heteroatoms. The van der Waals surface area contributed by atoms with Crippen molar-refractivity contribution in [2.45, 2.75) is 70.3 Å². The molecule has 0 radical (unpaired) electrons. The molecule has 21 heavy (non-hydrogen) atoms. The van der Waals surface area contributed by atoms with Crippen molar-refractivity contribution in [2.75, 3.05) is 13.1 Å². The third-order valence-corrected chi connectivity index (χ3v) is 5.81. The Morgan fingerprint density at radius 2 is 1.81 bits per heavy atom. The highest BCUT2D eigenvalue weighted by Gasteiger charge is 2.48. The topological polar surface area (TPSA) is 49.4 Å². The summed E-state index contributed by atoms with van der Waals surface area (Å²) in [7, 11) is 0. The van der Waals surface area contributed by atoms with E-state index in [0.717, 1.165) is 50.5 Å². The van der Waals surface area contributed by atoms with Gasteiger partial charge in [0, 0.05) is 6.54 Å². The molecule has 3 fully saturated rings. The van der Waals surface area contributed by atoms with Crippen molar-refractivity contribution in [1.29, 1.82) is 0 Å². The summed E-state index contributed by atoms with van der Waals surface area (Å²) in [6.07, 6.45) is 10.1. The Balaban J connectivity index is 1.57. The molecular formula is C17H28N2O2. The van der Waals surface area contributed by atoms with Crippen LogP contribution in [0.15, 0.2) is 0 Å². The second-order valence-electron chi connectivity index (χ2n) is 7.48. The van der Waals surface area contributed by atoms with Crippen molar-refractivity contribution < 1.29 is 9.59 Å². The smallest absolute Gasteiger partial charge is 0.248 e. The van der Waals surface area contributed by atoms with Gasteiger partial charge in [-0.25, -0.2) is 0 Å². The highest BCUT2D eigenvalue weighted by Crippen LogP contribution is 2.34. The molecule has 1 aliphatic heterocycles. The van der Waals surface area contributed by atoms with E-state index in [-0.39, 0.29) is 18.4 Å². The summed E-state index contributed by atoms with van der Waals surface area (Å²) in [6, 6.07) is 0. The lowest BCUT2D eigenvalue weighted by Gasteiger charge is -2.40. The number of carbonyl (C=O) groups excluding carboxylic acids is 2. The zero-order valence-electron chi connectivity index (χ0n) is 13.2. The largest absolute Gasteiger partial charge is 0.340 e. The van der Waals surface area contributed by atoms with Crippen LogP contribution >= 0.6 is 0 Å². The number of rotatable bonds is 3. The summed E-state index contributed by atoms with van der Waals surface area (Å²) < 4.78 is 0. The summed E-state index contributed by atoms with van der Waals surface area (Å²) in [5.74, 6) is 1.83. The van der Waals surface area contributed by atoms with Crippen LogP contribution < -0.4 is 5.32 Å². The summed E-state index contributed by atoms with van der Waals surface area (Å²) in [4.78, 5) is 26.5. The minimum atomic E-state index is -0.545. The fourth-order valence-corrected chi connectivity index (χ4v) is 4.36. The standard InChI is InChI=1S/C17H28N2O2/c1-13-4-6-14(7-5-13)8-11-19-12-15(20)18-17(16(19)21)9-2-3-10-17/h13-14H,2-12H2,1H3,(H,18,20). The average Bonchev–Trinajstić information content (AvgIpc) is 2.92. The van der Waals surface area contributed by atoms with Crippen molar-refractivity contribution in [2.24, 2.45) is 11.8 Å². The maximum atomic E-state index is 12.7. The first-order chi connectivity index (χ1) is 10.1. The van der Waals surface area contributed by atoms with Crippen molar-refractivity contribution in [3.63, 3.8) is 0 Å². The van der Waals surface area contributed by atoms with Crippen LogP contribution in [0.1, 0.15) is 64.7 Å². The van der Waals surface area contributed by atoms with Gasteiger partial charge in [0.2, 0.25) is 11.8 Å². The van der Waals surface area contributed by atoms with Gasteiger partial charge in [-0.15, -0.1) is 0 Å². The first-order valence-electron chi connectivity index (χ1n) is 8.69. The first-order valence-corrected chi connectivity index (χ1v) is 8.69. The molecule has 0 bridgehead atoms. The van der Waals surface area contributed by atoms with E-state index in [1.807, 2.05) is 4.90 Å². The van der Waals surface area contributed by atoms with Crippen LogP contribution in [0.4, 0.5) is 0 Å². The Morgan fingerprint density at radius 3 is 2.48 bits per heavy atom. The summed E-state index contributed by atoms with van der Waals surface area (Å²) in [5, 5.41) is 2.99. The Labute approximate surface area is 127 Å². The van der Waals surface area contributed by atoms with E-state index in [1.165, 1.54) is 25.7 Å². The van der Waals surface area contributed by atoms with Gasteiger partial charge in [0.1, 0.15) is 5.54 Å². The average molecular weight is 292 g/mol. The molecule has 118 valence electrons. The Kier molecular flexibility index (Phi) is 4.23. The Morgan fingerprint density at radius 1 is 1.14 bits per heavy atom. The predicted octanol–water partition coefficient (Wildman–Crippen LogP) is 2.47. The number of hydrogen-bond acceptors (Lipinski definition) is 2. The molecule has 2 aliphatic carbocycles.